The lowest BCUT2D eigenvalue weighted by Crippen LogP contribution is -2.53. The summed E-state index contributed by atoms with van der Waals surface area (Å²) in [6.45, 7) is 3.75. The number of carbonyl (C=O) groups excluding carboxylic acids is 1. The van der Waals surface area contributed by atoms with Gasteiger partial charge < -0.3 is 19.7 Å². The Kier molecular flexibility index (Phi) is 6.85. The van der Waals surface area contributed by atoms with Crippen molar-refractivity contribution in [3.63, 3.8) is 0 Å². The van der Waals surface area contributed by atoms with Gasteiger partial charge in [0.1, 0.15) is 11.5 Å². The number of likely N-dealkylation sites (tertiary alicyclic amines) is 1. The number of fused-ring (bicyclic) bond motifs is 1. The molecular weight excluding hydrogens is 433 g/mol. The molecule has 174 valence electrons. The normalized spacial score (nSPS) is 14.4. The van der Waals surface area contributed by atoms with Crippen LogP contribution in [0, 0.1) is 5.92 Å². The number of methoxy groups -OCH3 is 1. The smallest absolute Gasteiger partial charge is 0.416 e. The van der Waals surface area contributed by atoms with Gasteiger partial charge in [0.15, 0.2) is 0 Å². The third kappa shape index (κ3) is 5.46. The maximum atomic E-state index is 12.8. The number of halogens is 3. The first kappa shape index (κ1) is 23.1. The highest BCUT2D eigenvalue weighted by Gasteiger charge is 2.31. The summed E-state index contributed by atoms with van der Waals surface area (Å²) >= 11 is 0. The van der Waals surface area contributed by atoms with Crippen LogP contribution in [0.5, 0.6) is 11.5 Å². The van der Waals surface area contributed by atoms with Gasteiger partial charge in [-0.15, -0.1) is 0 Å². The minimum Gasteiger partial charge on any atom is -0.457 e. The fourth-order valence-corrected chi connectivity index (χ4v) is 3.84. The number of nitrogens with one attached hydrogen (secondary N) is 1. The lowest BCUT2D eigenvalue weighted by atomic mass is 9.98. The summed E-state index contributed by atoms with van der Waals surface area (Å²) in [5, 5.41) is 4.91. The van der Waals surface area contributed by atoms with Gasteiger partial charge in [-0.2, -0.15) is 13.2 Å². The lowest BCUT2D eigenvalue weighted by molar-refractivity contribution is -0.137. The Morgan fingerprint density at radius 3 is 2.55 bits per heavy atom. The van der Waals surface area contributed by atoms with E-state index in [1.165, 1.54) is 12.1 Å². The number of amides is 1. The van der Waals surface area contributed by atoms with Crippen LogP contribution >= 0.6 is 0 Å². The van der Waals surface area contributed by atoms with Crippen LogP contribution in [-0.2, 0) is 10.9 Å². The highest BCUT2D eigenvalue weighted by Crippen LogP contribution is 2.34. The molecule has 1 fully saturated rings. The fraction of sp³-hybridized carbons (Fsp3) is 0.320. The first-order valence-electron chi connectivity index (χ1n) is 10.7. The van der Waals surface area contributed by atoms with Crippen LogP contribution in [0.3, 0.4) is 0 Å². The molecule has 8 heteroatoms. The molecule has 3 aromatic rings. The molecule has 4 rings (SSSR count). The van der Waals surface area contributed by atoms with E-state index in [0.29, 0.717) is 42.7 Å². The van der Waals surface area contributed by atoms with E-state index in [1.54, 1.807) is 25.3 Å². The molecule has 1 saturated heterocycles. The largest absolute Gasteiger partial charge is 0.457 e. The van der Waals surface area contributed by atoms with Crippen LogP contribution in [0.15, 0.2) is 60.7 Å². The van der Waals surface area contributed by atoms with Crippen molar-refractivity contribution in [3.05, 3.63) is 71.8 Å². The fourth-order valence-electron chi connectivity index (χ4n) is 3.84. The SMILES string of the molecule is COCCNCC1CN(C(=O)c2ccc3c(Oc4ccc(C(F)(F)F)cc4)cccc3c2)C1. The minimum atomic E-state index is -4.39. The molecular formula is C25H25F3N2O3. The topological polar surface area (TPSA) is 50.8 Å². The van der Waals surface area contributed by atoms with E-state index >= 15 is 0 Å². The van der Waals surface area contributed by atoms with Crippen molar-refractivity contribution in [2.24, 2.45) is 5.92 Å². The number of hydrogen-bond acceptors (Lipinski definition) is 4. The molecule has 33 heavy (non-hydrogen) atoms. The number of ether oxygens (including phenoxy) is 2. The summed E-state index contributed by atoms with van der Waals surface area (Å²) in [5.41, 5.74) is -0.130. The molecule has 3 aromatic carbocycles. The van der Waals surface area contributed by atoms with Crippen LogP contribution in [0.25, 0.3) is 10.8 Å². The Labute approximate surface area is 190 Å². The summed E-state index contributed by atoms with van der Waals surface area (Å²) in [7, 11) is 1.67. The summed E-state index contributed by atoms with van der Waals surface area (Å²) in [4.78, 5) is 14.7. The molecule has 0 aromatic heterocycles. The van der Waals surface area contributed by atoms with Gasteiger partial charge in [-0.25, -0.2) is 0 Å². The molecule has 1 heterocycles. The highest BCUT2D eigenvalue weighted by atomic mass is 19.4. The van der Waals surface area contributed by atoms with Crippen LogP contribution in [0.4, 0.5) is 13.2 Å². The van der Waals surface area contributed by atoms with Gasteiger partial charge in [-0.1, -0.05) is 12.1 Å². The van der Waals surface area contributed by atoms with Crippen molar-refractivity contribution in [1.82, 2.24) is 10.2 Å². The average molecular weight is 458 g/mol. The first-order chi connectivity index (χ1) is 15.8. The maximum Gasteiger partial charge on any atom is 0.416 e. The Hall–Kier alpha value is -3.10. The quantitative estimate of drug-likeness (QED) is 0.485. The van der Waals surface area contributed by atoms with Crippen LogP contribution in [-0.4, -0.2) is 50.7 Å². The molecule has 0 bridgehead atoms. The number of carbonyl (C=O) groups is 1. The van der Waals surface area contributed by atoms with Gasteiger partial charge in [0.25, 0.3) is 5.91 Å². The Balaban J connectivity index is 1.42. The molecule has 0 spiro atoms. The number of benzene rings is 3. The summed E-state index contributed by atoms with van der Waals surface area (Å²) in [6, 6.07) is 15.4. The number of alkyl halides is 3. The monoisotopic (exact) mass is 458 g/mol. The maximum absolute atomic E-state index is 12.8. The van der Waals surface area contributed by atoms with E-state index in [9.17, 15) is 18.0 Å². The van der Waals surface area contributed by atoms with Crippen molar-refractivity contribution in [2.75, 3.05) is 39.9 Å². The second-order valence-electron chi connectivity index (χ2n) is 8.09. The minimum absolute atomic E-state index is 0.0147. The number of nitrogens with zero attached hydrogens (tertiary/aromatic N) is 1. The molecule has 1 aliphatic heterocycles. The number of hydrogen-bond donors (Lipinski definition) is 1. The van der Waals surface area contributed by atoms with Gasteiger partial charge in [0, 0.05) is 50.2 Å². The van der Waals surface area contributed by atoms with Crippen molar-refractivity contribution >= 4 is 16.7 Å². The van der Waals surface area contributed by atoms with Crippen molar-refractivity contribution in [2.45, 2.75) is 6.18 Å². The lowest BCUT2D eigenvalue weighted by Gasteiger charge is -2.39. The third-order valence-corrected chi connectivity index (χ3v) is 5.66. The van der Waals surface area contributed by atoms with E-state index in [4.69, 9.17) is 9.47 Å². The molecule has 0 saturated carbocycles. The van der Waals surface area contributed by atoms with E-state index in [2.05, 4.69) is 5.32 Å². The van der Waals surface area contributed by atoms with Crippen LogP contribution < -0.4 is 10.1 Å². The summed E-state index contributed by atoms with van der Waals surface area (Å²) < 4.78 is 49.1. The predicted octanol–water partition coefficient (Wildman–Crippen LogP) is 4.96. The second-order valence-corrected chi connectivity index (χ2v) is 8.09. The Bertz CT molecular complexity index is 1110. The van der Waals surface area contributed by atoms with Crippen molar-refractivity contribution < 1.29 is 27.4 Å². The Morgan fingerprint density at radius 2 is 1.85 bits per heavy atom. The third-order valence-electron chi connectivity index (χ3n) is 5.66. The predicted molar refractivity (Wildman–Crippen MR) is 120 cm³/mol. The van der Waals surface area contributed by atoms with Crippen LogP contribution in [0.2, 0.25) is 0 Å². The molecule has 5 nitrogen and oxygen atoms in total. The number of rotatable bonds is 8. The van der Waals surface area contributed by atoms with E-state index in [0.717, 1.165) is 36.0 Å². The highest BCUT2D eigenvalue weighted by molar-refractivity contribution is 6.00. The molecule has 1 amide bonds. The second kappa shape index (κ2) is 9.80. The van der Waals surface area contributed by atoms with Crippen LogP contribution in [0.1, 0.15) is 15.9 Å². The molecule has 0 aliphatic carbocycles. The summed E-state index contributed by atoms with van der Waals surface area (Å²) in [5.74, 6) is 1.24. The zero-order chi connectivity index (χ0) is 23.4. The standard InChI is InChI=1S/C25H25F3N2O3/c1-32-12-11-29-14-17-15-30(16-17)24(31)19-5-10-22-18(13-19)3-2-4-23(22)33-21-8-6-20(7-9-21)25(26,27)28/h2-10,13,17,29H,11-12,14-16H2,1H3. The molecule has 0 atom stereocenters. The van der Waals surface area contributed by atoms with E-state index < -0.39 is 11.7 Å². The average Bonchev–Trinajstić information content (AvgIpc) is 2.77. The van der Waals surface area contributed by atoms with Gasteiger partial charge in [-0.05, 0) is 53.9 Å². The summed E-state index contributed by atoms with van der Waals surface area (Å²) in [6.07, 6.45) is -4.39. The molecule has 1 aliphatic rings. The zero-order valence-electron chi connectivity index (χ0n) is 18.2. The van der Waals surface area contributed by atoms with Crippen molar-refractivity contribution in [1.29, 1.82) is 0 Å². The van der Waals surface area contributed by atoms with Crippen molar-refractivity contribution in [3.8, 4) is 11.5 Å². The Morgan fingerprint density at radius 1 is 1.09 bits per heavy atom. The van der Waals surface area contributed by atoms with E-state index in [1.807, 2.05) is 23.1 Å². The van der Waals surface area contributed by atoms with Gasteiger partial charge in [0.2, 0.25) is 0 Å². The van der Waals surface area contributed by atoms with Gasteiger partial charge in [0.05, 0.1) is 12.2 Å². The first-order valence-corrected chi connectivity index (χ1v) is 10.7. The van der Waals surface area contributed by atoms with E-state index in [-0.39, 0.29) is 5.91 Å². The molecule has 0 radical (unpaired) electrons. The van der Waals surface area contributed by atoms with Gasteiger partial charge >= 0.3 is 6.18 Å². The molecule has 0 unspecified atom stereocenters. The van der Waals surface area contributed by atoms with Gasteiger partial charge in [-0.3, -0.25) is 4.79 Å². The zero-order valence-corrected chi connectivity index (χ0v) is 18.2. The molecule has 1 N–H and O–H groups in total.